The van der Waals surface area contributed by atoms with Gasteiger partial charge in [-0.05, 0) is 28.8 Å². The Balaban J connectivity index is 2.30. The van der Waals surface area contributed by atoms with Crippen molar-refractivity contribution in [2.45, 2.75) is 6.18 Å². The highest BCUT2D eigenvalue weighted by atomic mass is 35.5. The van der Waals surface area contributed by atoms with Crippen LogP contribution in [0, 0.1) is 0 Å². The fourth-order valence-corrected chi connectivity index (χ4v) is 1.82. The van der Waals surface area contributed by atoms with Gasteiger partial charge in [0, 0.05) is 5.03 Å². The minimum atomic E-state index is -4.31. The summed E-state index contributed by atoms with van der Waals surface area (Å²) < 4.78 is 37.3. The average Bonchev–Trinajstić information content (AvgIpc) is 2.38. The second kappa shape index (κ2) is 5.10. The molecule has 4 heteroatoms. The molecule has 2 rings (SSSR count). The molecule has 0 bridgehead atoms. The first-order valence-electron chi connectivity index (χ1n) is 5.50. The minimum Gasteiger partial charge on any atom is -0.166 e. The number of benzene rings is 2. The van der Waals surface area contributed by atoms with Gasteiger partial charge in [-0.3, -0.25) is 0 Å². The molecule has 0 amide bonds. The molecule has 0 aromatic heterocycles. The third-order valence-electron chi connectivity index (χ3n) is 2.74. The summed E-state index contributed by atoms with van der Waals surface area (Å²) in [5.74, 6) is 0. The first-order valence-corrected chi connectivity index (χ1v) is 5.88. The summed E-state index contributed by atoms with van der Waals surface area (Å²) in [5, 5.41) is 0.430. The molecular weight excluding hydrogens is 273 g/mol. The molecule has 0 atom stereocenters. The Bertz CT molecular complexity index is 580. The van der Waals surface area contributed by atoms with E-state index >= 15 is 0 Å². The monoisotopic (exact) mass is 282 g/mol. The molecule has 98 valence electrons. The smallest absolute Gasteiger partial charge is 0.166 e. The van der Waals surface area contributed by atoms with Gasteiger partial charge in [0.25, 0.3) is 0 Å². The first kappa shape index (κ1) is 13.7. The summed E-state index contributed by atoms with van der Waals surface area (Å²) in [6.45, 7) is 3.61. The molecule has 2 aromatic rings. The van der Waals surface area contributed by atoms with E-state index in [9.17, 15) is 13.2 Å². The molecule has 0 aliphatic carbocycles. The highest BCUT2D eigenvalue weighted by Crippen LogP contribution is 2.31. The minimum absolute atomic E-state index is 0.430. The van der Waals surface area contributed by atoms with E-state index in [1.54, 1.807) is 24.3 Å². The molecule has 19 heavy (non-hydrogen) atoms. The fourth-order valence-electron chi connectivity index (χ4n) is 1.70. The van der Waals surface area contributed by atoms with E-state index in [-0.39, 0.29) is 0 Å². The Hall–Kier alpha value is -1.74. The zero-order valence-electron chi connectivity index (χ0n) is 9.84. The third-order valence-corrected chi connectivity index (χ3v) is 2.96. The zero-order valence-corrected chi connectivity index (χ0v) is 10.6. The maximum absolute atomic E-state index is 12.4. The standard InChI is InChI=1S/C15H10ClF3/c1-10(16)11-2-4-12(5-3-11)13-6-8-14(9-7-13)15(17,18)19/h2-9H,1H2. The van der Waals surface area contributed by atoms with Crippen LogP contribution >= 0.6 is 11.6 Å². The molecule has 0 aliphatic rings. The number of hydrogen-bond donors (Lipinski definition) is 0. The van der Waals surface area contributed by atoms with Crippen LogP contribution in [-0.4, -0.2) is 0 Å². The molecule has 0 unspecified atom stereocenters. The van der Waals surface area contributed by atoms with Crippen LogP contribution in [0.5, 0.6) is 0 Å². The average molecular weight is 283 g/mol. The maximum atomic E-state index is 12.4. The first-order chi connectivity index (χ1) is 8.88. The van der Waals surface area contributed by atoms with Crippen molar-refractivity contribution < 1.29 is 13.2 Å². The Kier molecular flexibility index (Phi) is 3.67. The molecule has 0 saturated heterocycles. The van der Waals surface area contributed by atoms with E-state index < -0.39 is 11.7 Å². The Morgan fingerprint density at radius 3 is 1.63 bits per heavy atom. The molecule has 0 spiro atoms. The molecule has 0 fully saturated rings. The van der Waals surface area contributed by atoms with Crippen molar-refractivity contribution >= 4 is 16.6 Å². The van der Waals surface area contributed by atoms with E-state index in [1.807, 2.05) is 0 Å². The largest absolute Gasteiger partial charge is 0.416 e. The van der Waals surface area contributed by atoms with E-state index in [0.717, 1.165) is 28.8 Å². The molecule has 2 aromatic carbocycles. The molecule has 0 aliphatic heterocycles. The predicted molar refractivity (Wildman–Crippen MR) is 71.8 cm³/mol. The topological polar surface area (TPSA) is 0 Å². The lowest BCUT2D eigenvalue weighted by Gasteiger charge is -2.08. The van der Waals surface area contributed by atoms with Crippen LogP contribution in [0.4, 0.5) is 13.2 Å². The van der Waals surface area contributed by atoms with Crippen molar-refractivity contribution in [1.82, 2.24) is 0 Å². The van der Waals surface area contributed by atoms with Gasteiger partial charge in [0.2, 0.25) is 0 Å². The summed E-state index contributed by atoms with van der Waals surface area (Å²) in [4.78, 5) is 0. The molecule has 0 nitrogen and oxygen atoms in total. The lowest BCUT2D eigenvalue weighted by Crippen LogP contribution is -2.03. The van der Waals surface area contributed by atoms with Gasteiger partial charge in [0.05, 0.1) is 5.56 Å². The van der Waals surface area contributed by atoms with E-state index in [1.165, 1.54) is 12.1 Å². The predicted octanol–water partition coefficient (Wildman–Crippen LogP) is 5.58. The van der Waals surface area contributed by atoms with Crippen molar-refractivity contribution in [2.75, 3.05) is 0 Å². The third kappa shape index (κ3) is 3.18. The van der Waals surface area contributed by atoms with Crippen LogP contribution < -0.4 is 0 Å². The summed E-state index contributed by atoms with van der Waals surface area (Å²) in [7, 11) is 0. The number of hydrogen-bond acceptors (Lipinski definition) is 0. The summed E-state index contributed by atoms with van der Waals surface area (Å²) in [5.41, 5.74) is 1.69. The summed E-state index contributed by atoms with van der Waals surface area (Å²) in [6, 6.07) is 12.2. The number of rotatable bonds is 2. The van der Waals surface area contributed by atoms with Crippen LogP contribution in [-0.2, 0) is 6.18 Å². The van der Waals surface area contributed by atoms with Crippen molar-refractivity contribution in [1.29, 1.82) is 0 Å². The van der Waals surface area contributed by atoms with Gasteiger partial charge < -0.3 is 0 Å². The van der Waals surface area contributed by atoms with Crippen molar-refractivity contribution in [2.24, 2.45) is 0 Å². The van der Waals surface area contributed by atoms with Crippen molar-refractivity contribution in [3.05, 3.63) is 66.2 Å². The molecule has 0 N–H and O–H groups in total. The van der Waals surface area contributed by atoms with Crippen LogP contribution in [0.25, 0.3) is 16.2 Å². The lowest BCUT2D eigenvalue weighted by molar-refractivity contribution is -0.137. The van der Waals surface area contributed by atoms with E-state index in [0.29, 0.717) is 5.03 Å². The van der Waals surface area contributed by atoms with E-state index in [4.69, 9.17) is 11.6 Å². The second-order valence-electron chi connectivity index (χ2n) is 4.06. The molecule has 0 saturated carbocycles. The van der Waals surface area contributed by atoms with Crippen LogP contribution in [0.2, 0.25) is 0 Å². The molecule has 0 heterocycles. The van der Waals surface area contributed by atoms with Crippen LogP contribution in [0.15, 0.2) is 55.1 Å². The Labute approximate surface area is 114 Å². The van der Waals surface area contributed by atoms with Gasteiger partial charge in [-0.25, -0.2) is 0 Å². The van der Waals surface area contributed by atoms with Crippen LogP contribution in [0.3, 0.4) is 0 Å². The zero-order chi connectivity index (χ0) is 14.0. The summed E-state index contributed by atoms with van der Waals surface area (Å²) >= 11 is 5.75. The van der Waals surface area contributed by atoms with Gasteiger partial charge in [0.1, 0.15) is 0 Å². The second-order valence-corrected chi connectivity index (χ2v) is 4.51. The van der Waals surface area contributed by atoms with Gasteiger partial charge >= 0.3 is 6.18 Å². The lowest BCUT2D eigenvalue weighted by atomic mass is 10.0. The SMILES string of the molecule is C=C(Cl)c1ccc(-c2ccc(C(F)(F)F)cc2)cc1. The maximum Gasteiger partial charge on any atom is 0.416 e. The fraction of sp³-hybridized carbons (Fsp3) is 0.0667. The van der Waals surface area contributed by atoms with Crippen molar-refractivity contribution in [3.8, 4) is 11.1 Å². The summed E-state index contributed by atoms with van der Waals surface area (Å²) in [6.07, 6.45) is -4.31. The van der Waals surface area contributed by atoms with Gasteiger partial charge in [-0.1, -0.05) is 54.6 Å². The van der Waals surface area contributed by atoms with Gasteiger partial charge in [-0.2, -0.15) is 13.2 Å². The van der Waals surface area contributed by atoms with Gasteiger partial charge in [-0.15, -0.1) is 0 Å². The van der Waals surface area contributed by atoms with Crippen molar-refractivity contribution in [3.63, 3.8) is 0 Å². The van der Waals surface area contributed by atoms with E-state index in [2.05, 4.69) is 6.58 Å². The number of alkyl halides is 3. The quantitative estimate of drug-likeness (QED) is 0.674. The Morgan fingerprint density at radius 1 is 0.842 bits per heavy atom. The normalized spacial score (nSPS) is 11.4. The molecular formula is C15H10ClF3. The highest BCUT2D eigenvalue weighted by molar-refractivity contribution is 6.48. The number of halogens is 4. The highest BCUT2D eigenvalue weighted by Gasteiger charge is 2.29. The van der Waals surface area contributed by atoms with Crippen LogP contribution in [0.1, 0.15) is 11.1 Å². The Morgan fingerprint density at radius 2 is 1.26 bits per heavy atom. The molecule has 0 radical (unpaired) electrons. The van der Waals surface area contributed by atoms with Gasteiger partial charge in [0.15, 0.2) is 0 Å².